The van der Waals surface area contributed by atoms with Gasteiger partial charge in [-0.2, -0.15) is 4.99 Å². The molecule has 2 aromatic carbocycles. The van der Waals surface area contributed by atoms with Crippen LogP contribution in [0.5, 0.6) is 5.75 Å². The van der Waals surface area contributed by atoms with Gasteiger partial charge >= 0.3 is 0 Å². The molecule has 0 unspecified atom stereocenters. The first-order chi connectivity index (χ1) is 16.3. The number of hydrogen-bond acceptors (Lipinski definition) is 4. The van der Waals surface area contributed by atoms with Crippen molar-refractivity contribution in [2.75, 3.05) is 5.75 Å². The first kappa shape index (κ1) is 27.9. The molecule has 33 heavy (non-hydrogen) atoms. The second-order valence-corrected chi connectivity index (χ2v) is 10.5. The Morgan fingerprint density at radius 1 is 0.727 bits per heavy atom. The Morgan fingerprint density at radius 3 is 1.82 bits per heavy atom. The Hall–Kier alpha value is -1.35. The lowest BCUT2D eigenvalue weighted by Crippen LogP contribution is -1.85. The van der Waals surface area contributed by atoms with Gasteiger partial charge < -0.3 is 5.11 Å². The number of thiocarbonyl (C=S) groups is 1. The number of aliphatic imine (C=N–C) groups is 1. The average molecular weight is 486 g/mol. The van der Waals surface area contributed by atoms with Crippen LogP contribution in [0.15, 0.2) is 40.2 Å². The predicted molar refractivity (Wildman–Crippen MR) is 151 cm³/mol. The zero-order chi connectivity index (χ0) is 23.6. The second kappa shape index (κ2) is 18.0. The van der Waals surface area contributed by atoms with Crippen molar-refractivity contribution in [3.05, 3.63) is 30.3 Å². The maximum Gasteiger partial charge on any atom is 0.123 e. The van der Waals surface area contributed by atoms with Crippen LogP contribution >= 0.6 is 24.0 Å². The average Bonchev–Trinajstić information content (AvgIpc) is 2.83. The molecule has 2 nitrogen and oxygen atoms in total. The van der Waals surface area contributed by atoms with Crippen LogP contribution in [-0.2, 0) is 0 Å². The van der Waals surface area contributed by atoms with E-state index < -0.39 is 0 Å². The molecule has 0 amide bonds. The van der Waals surface area contributed by atoms with Crippen molar-refractivity contribution in [2.45, 2.75) is 115 Å². The zero-order valence-electron chi connectivity index (χ0n) is 20.6. The van der Waals surface area contributed by atoms with Crippen molar-refractivity contribution >= 4 is 45.6 Å². The molecule has 0 aliphatic heterocycles. The predicted octanol–water partition coefficient (Wildman–Crippen LogP) is 10.6. The van der Waals surface area contributed by atoms with Crippen LogP contribution in [0.2, 0.25) is 0 Å². The summed E-state index contributed by atoms with van der Waals surface area (Å²) in [4.78, 5) is 5.30. The first-order valence-corrected chi connectivity index (χ1v) is 14.6. The number of thioether (sulfide) groups is 1. The fourth-order valence-electron chi connectivity index (χ4n) is 4.37. The minimum Gasteiger partial charge on any atom is -0.507 e. The Kier molecular flexibility index (Phi) is 15.2. The van der Waals surface area contributed by atoms with Crippen LogP contribution in [0.4, 0.5) is 5.69 Å². The van der Waals surface area contributed by atoms with Crippen molar-refractivity contribution in [1.29, 1.82) is 0 Å². The molecule has 0 spiro atoms. The van der Waals surface area contributed by atoms with Crippen molar-refractivity contribution in [1.82, 2.24) is 0 Å². The van der Waals surface area contributed by atoms with E-state index in [-0.39, 0.29) is 5.75 Å². The second-order valence-electron chi connectivity index (χ2n) is 9.17. The summed E-state index contributed by atoms with van der Waals surface area (Å²) in [5, 5.41) is 14.4. The van der Waals surface area contributed by atoms with Gasteiger partial charge in [0.1, 0.15) is 5.75 Å². The number of fused-ring (bicyclic) bond motifs is 1. The molecule has 2 aromatic rings. The molecule has 0 heterocycles. The maximum atomic E-state index is 10.2. The smallest absolute Gasteiger partial charge is 0.123 e. The van der Waals surface area contributed by atoms with Crippen molar-refractivity contribution in [3.8, 4) is 5.75 Å². The van der Waals surface area contributed by atoms with Gasteiger partial charge in [-0.15, -0.1) is 11.8 Å². The zero-order valence-corrected chi connectivity index (χ0v) is 22.3. The van der Waals surface area contributed by atoms with Gasteiger partial charge in [-0.1, -0.05) is 109 Å². The molecule has 0 saturated carbocycles. The molecule has 0 aliphatic rings. The minimum atomic E-state index is 0.290. The summed E-state index contributed by atoms with van der Waals surface area (Å²) < 4.78 is 0. The molecule has 0 radical (unpaired) electrons. The van der Waals surface area contributed by atoms with E-state index in [1.807, 2.05) is 17.8 Å². The van der Waals surface area contributed by atoms with Crippen LogP contribution in [0, 0.1) is 0 Å². The number of phenolic OH excluding ortho intramolecular Hbond substituents is 1. The molecule has 0 saturated heterocycles. The normalized spacial score (nSPS) is 11.1. The van der Waals surface area contributed by atoms with Gasteiger partial charge in [0.15, 0.2) is 0 Å². The Morgan fingerprint density at radius 2 is 1.27 bits per heavy atom. The van der Waals surface area contributed by atoms with Gasteiger partial charge in [0.2, 0.25) is 0 Å². The number of isothiocyanates is 1. The summed E-state index contributed by atoms with van der Waals surface area (Å²) in [7, 11) is 0. The molecule has 1 N–H and O–H groups in total. The molecule has 182 valence electrons. The summed E-state index contributed by atoms with van der Waals surface area (Å²) in [6.07, 6.45) is 22.4. The molecule has 0 fully saturated rings. The maximum absolute atomic E-state index is 10.2. The van der Waals surface area contributed by atoms with E-state index in [4.69, 9.17) is 12.2 Å². The van der Waals surface area contributed by atoms with E-state index in [0.717, 1.165) is 22.2 Å². The van der Waals surface area contributed by atoms with Gasteiger partial charge in [0, 0.05) is 15.7 Å². The van der Waals surface area contributed by atoms with Crippen LogP contribution < -0.4 is 0 Å². The lowest BCUT2D eigenvalue weighted by Gasteiger charge is -2.07. The first-order valence-electron chi connectivity index (χ1n) is 13.2. The van der Waals surface area contributed by atoms with Crippen LogP contribution in [0.3, 0.4) is 0 Å². The Labute approximate surface area is 211 Å². The third-order valence-corrected chi connectivity index (χ3v) is 7.55. The van der Waals surface area contributed by atoms with Crippen LogP contribution in [0.1, 0.15) is 110 Å². The summed E-state index contributed by atoms with van der Waals surface area (Å²) in [5.41, 5.74) is 0.757. The van der Waals surface area contributed by atoms with Crippen molar-refractivity contribution in [2.24, 2.45) is 4.99 Å². The number of unbranched alkanes of at least 4 members (excludes halogenated alkanes) is 15. The number of rotatable bonds is 19. The van der Waals surface area contributed by atoms with E-state index >= 15 is 0 Å². The van der Waals surface area contributed by atoms with E-state index in [1.165, 1.54) is 108 Å². The number of benzene rings is 2. The number of nitrogens with zero attached hydrogens (tertiary/aromatic N) is 1. The SMILES string of the molecule is CCCCCCCCCCCCCCCCCCSc1ccc2c(N=C=S)ccc(O)c2c1. The highest BCUT2D eigenvalue weighted by Gasteiger charge is 2.06. The van der Waals surface area contributed by atoms with E-state index in [0.29, 0.717) is 0 Å². The van der Waals surface area contributed by atoms with Crippen molar-refractivity contribution < 1.29 is 5.11 Å². The summed E-state index contributed by atoms with van der Waals surface area (Å²) in [6, 6.07) is 9.65. The lowest BCUT2D eigenvalue weighted by atomic mass is 10.0. The van der Waals surface area contributed by atoms with Crippen LogP contribution in [0.25, 0.3) is 10.8 Å². The van der Waals surface area contributed by atoms with Gasteiger partial charge in [0.05, 0.1) is 10.8 Å². The molecule has 2 rings (SSSR count). The fraction of sp³-hybridized carbons (Fsp3) is 0.621. The van der Waals surface area contributed by atoms with E-state index in [1.54, 1.807) is 12.1 Å². The molecule has 0 aromatic heterocycles. The molecule has 0 atom stereocenters. The van der Waals surface area contributed by atoms with E-state index in [2.05, 4.69) is 29.2 Å². The summed E-state index contributed by atoms with van der Waals surface area (Å²) in [6.45, 7) is 2.29. The molecular weight excluding hydrogens is 442 g/mol. The van der Waals surface area contributed by atoms with Gasteiger partial charge in [-0.25, -0.2) is 0 Å². The molecule has 4 heteroatoms. The quantitative estimate of drug-likeness (QED) is 0.0929. The number of hydrogen-bond donors (Lipinski definition) is 1. The summed E-state index contributed by atoms with van der Waals surface area (Å²) >= 11 is 6.60. The Bertz CT molecular complexity index is 845. The Balaban J connectivity index is 1.47. The lowest BCUT2D eigenvalue weighted by molar-refractivity contribution is 0.481. The third-order valence-electron chi connectivity index (χ3n) is 6.37. The largest absolute Gasteiger partial charge is 0.507 e. The third kappa shape index (κ3) is 11.6. The fourth-order valence-corrected chi connectivity index (χ4v) is 5.42. The number of phenols is 1. The standard InChI is InChI=1S/C29H43NOS2/c1-2-3-4-5-6-7-8-9-10-11-12-13-14-15-16-17-22-33-25-18-19-26-27(23-25)29(31)21-20-28(26)30-24-32/h18-21,23,31H,2-17,22H2,1H3. The topological polar surface area (TPSA) is 32.6 Å². The monoisotopic (exact) mass is 485 g/mol. The minimum absolute atomic E-state index is 0.290. The van der Waals surface area contributed by atoms with E-state index in [9.17, 15) is 5.11 Å². The van der Waals surface area contributed by atoms with Gasteiger partial charge in [0.25, 0.3) is 0 Å². The molecule has 0 aliphatic carbocycles. The highest BCUT2D eigenvalue weighted by Crippen LogP contribution is 2.35. The summed E-state index contributed by atoms with van der Waals surface area (Å²) in [5.74, 6) is 1.42. The molecule has 0 bridgehead atoms. The van der Waals surface area contributed by atoms with Gasteiger partial charge in [-0.3, -0.25) is 0 Å². The van der Waals surface area contributed by atoms with Crippen molar-refractivity contribution in [3.63, 3.8) is 0 Å². The van der Waals surface area contributed by atoms with Gasteiger partial charge in [-0.05, 0) is 48.7 Å². The van der Waals surface area contributed by atoms with Crippen LogP contribution in [-0.4, -0.2) is 16.0 Å². The highest BCUT2D eigenvalue weighted by molar-refractivity contribution is 7.99. The molecular formula is C29H43NOS2. The number of aromatic hydroxyl groups is 1. The highest BCUT2D eigenvalue weighted by atomic mass is 32.2.